The Morgan fingerprint density at radius 1 is 1.23 bits per heavy atom. The molecule has 138 valence electrons. The lowest BCUT2D eigenvalue weighted by molar-refractivity contribution is -0.00569. The summed E-state index contributed by atoms with van der Waals surface area (Å²) in [5, 5.41) is 9.74. The fourth-order valence-corrected chi connectivity index (χ4v) is 3.66. The molecule has 4 rings (SSSR count). The summed E-state index contributed by atoms with van der Waals surface area (Å²) >= 11 is 6.43. The van der Waals surface area contributed by atoms with Crippen LogP contribution in [0.4, 0.5) is 5.82 Å². The smallest absolute Gasteiger partial charge is 0.176 e. The van der Waals surface area contributed by atoms with Crippen LogP contribution in [-0.4, -0.2) is 57.9 Å². The van der Waals surface area contributed by atoms with E-state index in [0.717, 1.165) is 55.3 Å². The van der Waals surface area contributed by atoms with Crippen LogP contribution in [0, 0.1) is 6.92 Å². The maximum atomic E-state index is 6.43. The van der Waals surface area contributed by atoms with Gasteiger partial charge in [-0.3, -0.25) is 4.90 Å². The monoisotopic (exact) mass is 373 g/mol. The number of hydrogen-bond donors (Lipinski definition) is 1. The van der Waals surface area contributed by atoms with Gasteiger partial charge in [0.15, 0.2) is 5.65 Å². The quantitative estimate of drug-likeness (QED) is 0.759. The van der Waals surface area contributed by atoms with Crippen LogP contribution in [0.1, 0.15) is 19.5 Å². The molecule has 1 N–H and O–H groups in total. The van der Waals surface area contributed by atoms with Crippen LogP contribution >= 0.6 is 11.6 Å². The van der Waals surface area contributed by atoms with Gasteiger partial charge in [0.1, 0.15) is 10.8 Å². The van der Waals surface area contributed by atoms with Gasteiger partial charge >= 0.3 is 0 Å². The summed E-state index contributed by atoms with van der Waals surface area (Å²) in [6.07, 6.45) is 0. The largest absolute Gasteiger partial charge is 0.379 e. The number of benzene rings is 1. The number of morpholine rings is 1. The molecule has 1 aliphatic rings. The highest BCUT2D eigenvalue weighted by atomic mass is 35.5. The predicted octanol–water partition coefficient (Wildman–Crippen LogP) is 3.37. The standard InChI is InChI=1S/C19H24ClN5O/c1-13-16(20)18-22-17(14-6-4-5-7-15(14)25(18)23-13)21-12-19(2,3)24-8-10-26-11-9-24/h4-7H,8-12H2,1-3H3,(H,21,22). The van der Waals surface area contributed by atoms with Crippen molar-refractivity contribution in [3.63, 3.8) is 0 Å². The van der Waals surface area contributed by atoms with Crippen LogP contribution in [0.15, 0.2) is 24.3 Å². The molecule has 3 heterocycles. The molecule has 1 fully saturated rings. The van der Waals surface area contributed by atoms with Gasteiger partial charge in [0.25, 0.3) is 0 Å². The average Bonchev–Trinajstić information content (AvgIpc) is 2.95. The molecule has 0 radical (unpaired) electrons. The van der Waals surface area contributed by atoms with E-state index in [2.05, 4.69) is 35.2 Å². The van der Waals surface area contributed by atoms with Crippen molar-refractivity contribution in [1.82, 2.24) is 19.5 Å². The molecule has 0 atom stereocenters. The summed E-state index contributed by atoms with van der Waals surface area (Å²) in [4.78, 5) is 7.24. The van der Waals surface area contributed by atoms with Crippen molar-refractivity contribution < 1.29 is 4.74 Å². The summed E-state index contributed by atoms with van der Waals surface area (Å²) in [6, 6.07) is 8.14. The molecule has 1 aromatic carbocycles. The first kappa shape index (κ1) is 17.5. The third kappa shape index (κ3) is 3.02. The maximum Gasteiger partial charge on any atom is 0.176 e. The molecule has 2 aromatic heterocycles. The summed E-state index contributed by atoms with van der Waals surface area (Å²) < 4.78 is 7.30. The molecule has 6 nitrogen and oxygen atoms in total. The lowest BCUT2D eigenvalue weighted by Crippen LogP contribution is -2.53. The first-order chi connectivity index (χ1) is 12.5. The summed E-state index contributed by atoms with van der Waals surface area (Å²) in [5.74, 6) is 0.844. The van der Waals surface area contributed by atoms with Crippen LogP contribution in [0.2, 0.25) is 5.02 Å². The van der Waals surface area contributed by atoms with Gasteiger partial charge in [0.2, 0.25) is 0 Å². The van der Waals surface area contributed by atoms with E-state index in [1.54, 1.807) is 0 Å². The zero-order valence-corrected chi connectivity index (χ0v) is 16.2. The number of para-hydroxylation sites is 1. The minimum absolute atomic E-state index is 0.00134. The SMILES string of the molecule is Cc1nn2c(nc(NCC(C)(C)N3CCOCC3)c3ccccc32)c1Cl. The summed E-state index contributed by atoms with van der Waals surface area (Å²) in [5.41, 5.74) is 2.47. The van der Waals surface area contributed by atoms with Gasteiger partial charge in [-0.25, -0.2) is 9.50 Å². The fourth-order valence-electron chi connectivity index (χ4n) is 3.50. The predicted molar refractivity (Wildman–Crippen MR) is 105 cm³/mol. The molecule has 0 aliphatic carbocycles. The Balaban J connectivity index is 1.70. The lowest BCUT2D eigenvalue weighted by atomic mass is 10.0. The first-order valence-electron chi connectivity index (χ1n) is 8.97. The van der Waals surface area contributed by atoms with E-state index in [9.17, 15) is 0 Å². The van der Waals surface area contributed by atoms with Crippen LogP contribution in [0.3, 0.4) is 0 Å². The minimum Gasteiger partial charge on any atom is -0.379 e. The van der Waals surface area contributed by atoms with E-state index in [-0.39, 0.29) is 5.54 Å². The molecule has 1 saturated heterocycles. The molecule has 0 saturated carbocycles. The second-order valence-corrected chi connectivity index (χ2v) is 7.76. The average molecular weight is 374 g/mol. The Morgan fingerprint density at radius 3 is 2.73 bits per heavy atom. The van der Waals surface area contributed by atoms with Crippen molar-refractivity contribution in [2.75, 3.05) is 38.2 Å². The molecule has 0 spiro atoms. The highest BCUT2D eigenvalue weighted by Gasteiger charge is 2.28. The number of anilines is 1. The Labute approximate surface area is 158 Å². The van der Waals surface area contributed by atoms with Crippen molar-refractivity contribution in [2.45, 2.75) is 26.3 Å². The summed E-state index contributed by atoms with van der Waals surface area (Å²) in [6.45, 7) is 10.7. The van der Waals surface area contributed by atoms with E-state index in [1.807, 2.05) is 29.6 Å². The second-order valence-electron chi connectivity index (χ2n) is 7.38. The van der Waals surface area contributed by atoms with E-state index in [4.69, 9.17) is 21.3 Å². The number of aromatic nitrogens is 3. The number of hydrogen-bond acceptors (Lipinski definition) is 5. The zero-order valence-electron chi connectivity index (χ0n) is 15.4. The maximum absolute atomic E-state index is 6.43. The molecular formula is C19H24ClN5O. The van der Waals surface area contributed by atoms with Gasteiger partial charge in [-0.2, -0.15) is 5.10 Å². The molecule has 7 heteroatoms. The molecule has 0 unspecified atom stereocenters. The number of nitrogens with zero attached hydrogens (tertiary/aromatic N) is 4. The van der Waals surface area contributed by atoms with Crippen molar-refractivity contribution in [1.29, 1.82) is 0 Å². The van der Waals surface area contributed by atoms with Crippen molar-refractivity contribution in [3.05, 3.63) is 35.0 Å². The molecule has 0 amide bonds. The molecule has 0 bridgehead atoms. The highest BCUT2D eigenvalue weighted by Crippen LogP contribution is 2.28. The topological polar surface area (TPSA) is 54.7 Å². The van der Waals surface area contributed by atoms with E-state index < -0.39 is 0 Å². The van der Waals surface area contributed by atoms with Gasteiger partial charge in [-0.1, -0.05) is 23.7 Å². The number of halogens is 1. The summed E-state index contributed by atoms with van der Waals surface area (Å²) in [7, 11) is 0. The van der Waals surface area contributed by atoms with Crippen LogP contribution in [0.25, 0.3) is 16.6 Å². The molecule has 1 aliphatic heterocycles. The highest BCUT2D eigenvalue weighted by molar-refractivity contribution is 6.34. The van der Waals surface area contributed by atoms with Crippen molar-refractivity contribution in [2.24, 2.45) is 0 Å². The Hall–Kier alpha value is -1.89. The van der Waals surface area contributed by atoms with Gasteiger partial charge in [-0.05, 0) is 32.9 Å². The third-order valence-electron chi connectivity index (χ3n) is 5.13. The molecule has 3 aromatic rings. The van der Waals surface area contributed by atoms with Gasteiger partial charge in [0, 0.05) is 30.6 Å². The van der Waals surface area contributed by atoms with Gasteiger partial charge < -0.3 is 10.1 Å². The number of fused-ring (bicyclic) bond motifs is 3. The van der Waals surface area contributed by atoms with Crippen molar-refractivity contribution in [3.8, 4) is 0 Å². The van der Waals surface area contributed by atoms with Crippen LogP contribution in [-0.2, 0) is 4.74 Å². The van der Waals surface area contributed by atoms with Crippen molar-refractivity contribution >= 4 is 34.0 Å². The normalized spacial score (nSPS) is 16.5. The fraction of sp³-hybridized carbons (Fsp3) is 0.474. The Kier molecular flexibility index (Phi) is 4.50. The van der Waals surface area contributed by atoms with Crippen LogP contribution < -0.4 is 5.32 Å². The van der Waals surface area contributed by atoms with Gasteiger partial charge in [-0.15, -0.1) is 0 Å². The Morgan fingerprint density at radius 2 is 1.96 bits per heavy atom. The number of ether oxygens (including phenoxy) is 1. The zero-order chi connectivity index (χ0) is 18.3. The van der Waals surface area contributed by atoms with Crippen LogP contribution in [0.5, 0.6) is 0 Å². The lowest BCUT2D eigenvalue weighted by Gasteiger charge is -2.41. The van der Waals surface area contributed by atoms with E-state index in [0.29, 0.717) is 10.7 Å². The molecule has 26 heavy (non-hydrogen) atoms. The number of nitrogens with one attached hydrogen (secondary N) is 1. The molecular weight excluding hydrogens is 350 g/mol. The van der Waals surface area contributed by atoms with Gasteiger partial charge in [0.05, 0.1) is 24.4 Å². The first-order valence-corrected chi connectivity index (χ1v) is 9.35. The number of aryl methyl sites for hydroxylation is 1. The second kappa shape index (κ2) is 6.68. The Bertz CT molecular complexity index is 946. The minimum atomic E-state index is -0.00134. The van der Waals surface area contributed by atoms with E-state index >= 15 is 0 Å². The third-order valence-corrected chi connectivity index (χ3v) is 5.57. The van der Waals surface area contributed by atoms with E-state index in [1.165, 1.54) is 0 Å². The number of rotatable bonds is 4.